The van der Waals surface area contributed by atoms with Gasteiger partial charge < -0.3 is 15.2 Å². The normalized spacial score (nSPS) is 11.2. The molecule has 0 bridgehead atoms. The summed E-state index contributed by atoms with van der Waals surface area (Å²) in [6, 6.07) is 16.0. The Morgan fingerprint density at radius 1 is 1.17 bits per heavy atom. The average molecular weight is 729 g/mol. The summed E-state index contributed by atoms with van der Waals surface area (Å²) in [7, 11) is 1.32. The first-order valence-corrected chi connectivity index (χ1v) is 14.0. The predicted octanol–water partition coefficient (Wildman–Crippen LogP) is 6.48. The number of fused-ring (bicyclic) bond motifs is 1. The smallest absolute Gasteiger partial charge is 0.337 e. The SMILES string of the molecule is COC(=O)c1ccc(NC(=O)CSc2nc3ccc(N=Cc4cc(I)cc(I)c4O)cc3s2)cc1. The van der Waals surface area contributed by atoms with Crippen molar-refractivity contribution in [3.8, 4) is 5.75 Å². The Hall–Kier alpha value is -2.23. The highest BCUT2D eigenvalue weighted by Gasteiger charge is 2.10. The Labute approximate surface area is 236 Å². The molecule has 35 heavy (non-hydrogen) atoms. The molecule has 0 aliphatic carbocycles. The number of phenols is 1. The van der Waals surface area contributed by atoms with Crippen LogP contribution >= 0.6 is 68.3 Å². The summed E-state index contributed by atoms with van der Waals surface area (Å²) in [6.45, 7) is 0. The number of amides is 1. The third-order valence-electron chi connectivity index (χ3n) is 4.68. The second-order valence-electron chi connectivity index (χ2n) is 7.12. The number of carbonyl (C=O) groups is 2. The van der Waals surface area contributed by atoms with Gasteiger partial charge in [0.1, 0.15) is 5.75 Å². The van der Waals surface area contributed by atoms with E-state index in [-0.39, 0.29) is 17.4 Å². The molecule has 3 aromatic carbocycles. The number of hydrogen-bond donors (Lipinski definition) is 2. The van der Waals surface area contributed by atoms with Gasteiger partial charge in [-0.15, -0.1) is 11.3 Å². The number of thioether (sulfide) groups is 1. The van der Waals surface area contributed by atoms with Crippen LogP contribution in [0.5, 0.6) is 5.75 Å². The Kier molecular flexibility index (Phi) is 8.62. The molecule has 1 amide bonds. The van der Waals surface area contributed by atoms with Crippen LogP contribution in [0.1, 0.15) is 15.9 Å². The van der Waals surface area contributed by atoms with Crippen LogP contribution in [0.3, 0.4) is 0 Å². The zero-order valence-corrected chi connectivity index (χ0v) is 24.1. The summed E-state index contributed by atoms with van der Waals surface area (Å²) in [5.74, 6) is -0.179. The highest BCUT2D eigenvalue weighted by atomic mass is 127. The van der Waals surface area contributed by atoms with Gasteiger partial charge in [-0.2, -0.15) is 0 Å². The van der Waals surface area contributed by atoms with Crippen molar-refractivity contribution in [3.05, 3.63) is 72.9 Å². The topological polar surface area (TPSA) is 101 Å². The molecule has 178 valence electrons. The van der Waals surface area contributed by atoms with Crippen molar-refractivity contribution in [2.24, 2.45) is 4.99 Å². The van der Waals surface area contributed by atoms with Gasteiger partial charge in [0.15, 0.2) is 4.34 Å². The van der Waals surface area contributed by atoms with Gasteiger partial charge in [-0.05, 0) is 99.8 Å². The van der Waals surface area contributed by atoms with E-state index in [0.717, 1.165) is 27.4 Å². The lowest BCUT2D eigenvalue weighted by Gasteiger charge is -2.05. The predicted molar refractivity (Wildman–Crippen MR) is 158 cm³/mol. The molecule has 2 N–H and O–H groups in total. The van der Waals surface area contributed by atoms with Gasteiger partial charge in [0, 0.05) is 21.0 Å². The lowest BCUT2D eigenvalue weighted by Crippen LogP contribution is -2.14. The molecule has 7 nitrogen and oxygen atoms in total. The molecule has 0 spiro atoms. The monoisotopic (exact) mass is 729 g/mol. The van der Waals surface area contributed by atoms with E-state index in [2.05, 4.69) is 65.2 Å². The van der Waals surface area contributed by atoms with Crippen molar-refractivity contribution in [3.63, 3.8) is 0 Å². The molecule has 0 saturated carbocycles. The minimum absolute atomic E-state index is 0.169. The molecule has 0 unspecified atom stereocenters. The van der Waals surface area contributed by atoms with Gasteiger partial charge in [-0.3, -0.25) is 9.79 Å². The molecule has 0 radical (unpaired) electrons. The molecule has 0 aliphatic rings. The van der Waals surface area contributed by atoms with Crippen molar-refractivity contribution in [1.29, 1.82) is 0 Å². The molecule has 0 saturated heterocycles. The fraction of sp³-hybridized carbons (Fsp3) is 0.0833. The van der Waals surface area contributed by atoms with Crippen LogP contribution in [0.4, 0.5) is 11.4 Å². The van der Waals surface area contributed by atoms with Gasteiger partial charge in [0.2, 0.25) is 5.91 Å². The molecule has 1 aromatic heterocycles. The third-order valence-corrected chi connectivity index (χ3v) is 8.29. The number of nitrogens with zero attached hydrogens (tertiary/aromatic N) is 2. The molecule has 0 fully saturated rings. The first kappa shape index (κ1) is 25.9. The highest BCUT2D eigenvalue weighted by molar-refractivity contribution is 14.1. The molecule has 0 atom stereocenters. The Morgan fingerprint density at radius 2 is 1.94 bits per heavy atom. The molecule has 4 aromatic rings. The second kappa shape index (κ2) is 11.7. The molecule has 11 heteroatoms. The molecule has 1 heterocycles. The number of aliphatic imine (C=N–C) groups is 1. The lowest BCUT2D eigenvalue weighted by atomic mass is 10.2. The lowest BCUT2D eigenvalue weighted by molar-refractivity contribution is -0.113. The summed E-state index contributed by atoms with van der Waals surface area (Å²) < 4.78 is 8.21. The Bertz CT molecular complexity index is 1440. The van der Waals surface area contributed by atoms with E-state index in [1.807, 2.05) is 30.3 Å². The fourth-order valence-electron chi connectivity index (χ4n) is 2.99. The fourth-order valence-corrected chi connectivity index (χ4v) is 6.79. The Balaban J connectivity index is 1.38. The highest BCUT2D eigenvalue weighted by Crippen LogP contribution is 2.32. The number of phenolic OH excluding ortho intramolecular Hbond substituents is 1. The number of esters is 1. The first-order chi connectivity index (χ1) is 16.8. The Morgan fingerprint density at radius 3 is 2.69 bits per heavy atom. The maximum Gasteiger partial charge on any atom is 0.337 e. The summed E-state index contributed by atoms with van der Waals surface area (Å²) in [5.41, 5.74) is 3.26. The van der Waals surface area contributed by atoms with Gasteiger partial charge in [0.25, 0.3) is 0 Å². The minimum atomic E-state index is -0.425. The number of methoxy groups -OCH3 is 1. The van der Waals surface area contributed by atoms with Gasteiger partial charge in [-0.25, -0.2) is 9.78 Å². The minimum Gasteiger partial charge on any atom is -0.506 e. The number of rotatable bonds is 7. The van der Waals surface area contributed by atoms with Crippen LogP contribution in [0.2, 0.25) is 0 Å². The van der Waals surface area contributed by atoms with Crippen molar-refractivity contribution < 1.29 is 19.4 Å². The number of aromatic nitrogens is 1. The van der Waals surface area contributed by atoms with Crippen LogP contribution in [-0.4, -0.2) is 41.0 Å². The van der Waals surface area contributed by atoms with E-state index < -0.39 is 5.97 Å². The average Bonchev–Trinajstić information content (AvgIpc) is 3.26. The van der Waals surface area contributed by atoms with E-state index in [1.165, 1.54) is 30.2 Å². The summed E-state index contributed by atoms with van der Waals surface area (Å²) in [4.78, 5) is 32.9. The second-order valence-corrected chi connectivity index (χ2v) is 11.8. The van der Waals surface area contributed by atoms with Gasteiger partial charge >= 0.3 is 5.97 Å². The number of halogens is 2. The van der Waals surface area contributed by atoms with Crippen LogP contribution < -0.4 is 5.32 Å². The van der Waals surface area contributed by atoms with E-state index in [9.17, 15) is 14.7 Å². The quantitative estimate of drug-likeness (QED) is 0.0979. The van der Waals surface area contributed by atoms with E-state index in [4.69, 9.17) is 0 Å². The van der Waals surface area contributed by atoms with Crippen molar-refractivity contribution in [2.45, 2.75) is 4.34 Å². The molecular weight excluding hydrogens is 712 g/mol. The number of anilines is 1. The van der Waals surface area contributed by atoms with Crippen molar-refractivity contribution in [2.75, 3.05) is 18.2 Å². The summed E-state index contributed by atoms with van der Waals surface area (Å²) in [5, 5.41) is 13.1. The largest absolute Gasteiger partial charge is 0.506 e. The number of hydrogen-bond acceptors (Lipinski definition) is 8. The van der Waals surface area contributed by atoms with Crippen LogP contribution in [0.15, 0.2) is 63.9 Å². The van der Waals surface area contributed by atoms with E-state index >= 15 is 0 Å². The van der Waals surface area contributed by atoms with Crippen molar-refractivity contribution >= 4 is 108 Å². The molecule has 4 rings (SSSR count). The first-order valence-electron chi connectivity index (χ1n) is 10.1. The van der Waals surface area contributed by atoms with Crippen LogP contribution in [0.25, 0.3) is 10.2 Å². The summed E-state index contributed by atoms with van der Waals surface area (Å²) >= 11 is 7.15. The van der Waals surface area contributed by atoms with Crippen molar-refractivity contribution in [1.82, 2.24) is 4.98 Å². The zero-order valence-electron chi connectivity index (χ0n) is 18.1. The zero-order chi connectivity index (χ0) is 24.9. The maximum atomic E-state index is 12.3. The van der Waals surface area contributed by atoms with Gasteiger partial charge in [0.05, 0.1) is 37.9 Å². The number of carbonyl (C=O) groups excluding carboxylic acids is 2. The standard InChI is InChI=1S/C24H17I2N3O4S2/c1-33-23(32)13-2-4-16(5-3-13)28-21(30)12-34-24-29-19-7-6-17(10-20(19)35-24)27-11-14-8-15(25)9-18(26)22(14)31/h2-11,31H,12H2,1H3,(H,28,30). The maximum absolute atomic E-state index is 12.3. The van der Waals surface area contributed by atoms with Gasteiger partial charge in [-0.1, -0.05) is 11.8 Å². The van der Waals surface area contributed by atoms with Crippen LogP contribution in [0, 0.1) is 7.14 Å². The van der Waals surface area contributed by atoms with E-state index in [1.54, 1.807) is 30.5 Å². The number of aromatic hydroxyl groups is 1. The molecular formula is C24H17I2N3O4S2. The number of thiazole rings is 1. The number of ether oxygens (including phenoxy) is 1. The molecule has 0 aliphatic heterocycles. The third kappa shape index (κ3) is 6.71. The van der Waals surface area contributed by atoms with E-state index in [0.29, 0.717) is 16.8 Å². The number of nitrogens with one attached hydrogen (secondary N) is 1. The number of benzene rings is 3. The summed E-state index contributed by atoms with van der Waals surface area (Å²) in [6.07, 6.45) is 1.65. The van der Waals surface area contributed by atoms with Crippen LogP contribution in [-0.2, 0) is 9.53 Å².